The second-order valence-corrected chi connectivity index (χ2v) is 19.4. The quantitative estimate of drug-likeness (QED) is 0.0199. The van der Waals surface area contributed by atoms with E-state index in [1.165, 1.54) is 135 Å². The van der Waals surface area contributed by atoms with Crippen LogP contribution >= 0.6 is 0 Å². The van der Waals surface area contributed by atoms with E-state index in [2.05, 4.69) is 69.4 Å². The van der Waals surface area contributed by atoms with Gasteiger partial charge in [-0.3, -0.25) is 14.4 Å². The van der Waals surface area contributed by atoms with Gasteiger partial charge in [-0.05, 0) is 89.9 Å². The van der Waals surface area contributed by atoms with E-state index in [1.54, 1.807) is 0 Å². The molecular weight excluding hydrogens is 889 g/mol. The summed E-state index contributed by atoms with van der Waals surface area (Å²) in [5, 5.41) is 0. The average Bonchev–Trinajstić information content (AvgIpc) is 3.38. The number of esters is 3. The molecule has 0 amide bonds. The second kappa shape index (κ2) is 59.4. The number of hydrogen-bond donors (Lipinski definition) is 0. The van der Waals surface area contributed by atoms with Gasteiger partial charge in [-0.15, -0.1) is 0 Å². The standard InChI is InChI=1S/C66H108O6/c1-4-7-10-13-16-19-22-25-28-31-33-35-38-41-44-47-50-53-56-59-65(68)71-62-63(61-70-64(67)58-55-52-49-46-43-40-37-30-27-24-21-18-15-12-9-6-3)72-66(69)60-57-54-51-48-45-42-39-36-34-32-29-26-23-20-17-14-11-8-5-2/h7,10,13,16,19,22,25,28,30-35,37-38,40-41,43-44,63H,4-6,8-9,11-12,14-15,17-18,20-21,23-24,26-27,29,36,39,42,45-62H2,1-3H3/b10-7-,16-13-,22-19-,28-25-,33-31+,34-32-,37-30-,38-35-,43-40-,44-41-. The minimum atomic E-state index is -0.815. The van der Waals surface area contributed by atoms with Gasteiger partial charge >= 0.3 is 17.9 Å². The summed E-state index contributed by atoms with van der Waals surface area (Å²) in [7, 11) is 0. The lowest BCUT2D eigenvalue weighted by molar-refractivity contribution is -0.167. The first-order valence-electron chi connectivity index (χ1n) is 29.7. The van der Waals surface area contributed by atoms with Crippen LogP contribution in [0.4, 0.5) is 0 Å². The van der Waals surface area contributed by atoms with Crippen molar-refractivity contribution in [3.8, 4) is 0 Å². The zero-order chi connectivity index (χ0) is 52.2. The van der Waals surface area contributed by atoms with Crippen molar-refractivity contribution in [3.63, 3.8) is 0 Å². The van der Waals surface area contributed by atoms with Gasteiger partial charge in [0.2, 0.25) is 0 Å². The highest BCUT2D eigenvalue weighted by atomic mass is 16.6. The van der Waals surface area contributed by atoms with Gasteiger partial charge in [0.05, 0.1) is 0 Å². The zero-order valence-electron chi connectivity index (χ0n) is 46.7. The Morgan fingerprint density at radius 3 is 0.917 bits per heavy atom. The summed E-state index contributed by atoms with van der Waals surface area (Å²) in [6.07, 6.45) is 81.9. The van der Waals surface area contributed by atoms with Crippen molar-refractivity contribution in [1.29, 1.82) is 0 Å². The largest absolute Gasteiger partial charge is 0.462 e. The summed E-state index contributed by atoms with van der Waals surface area (Å²) in [4.78, 5) is 38.2. The van der Waals surface area contributed by atoms with Crippen LogP contribution in [-0.4, -0.2) is 37.2 Å². The van der Waals surface area contributed by atoms with E-state index in [9.17, 15) is 14.4 Å². The Hall–Kier alpha value is -4.19. The summed E-state index contributed by atoms with van der Waals surface area (Å²) >= 11 is 0. The second-order valence-electron chi connectivity index (χ2n) is 19.4. The van der Waals surface area contributed by atoms with Crippen LogP contribution in [0.15, 0.2) is 122 Å². The van der Waals surface area contributed by atoms with E-state index >= 15 is 0 Å². The molecule has 0 aliphatic heterocycles. The number of hydrogen-bond acceptors (Lipinski definition) is 6. The van der Waals surface area contributed by atoms with Crippen molar-refractivity contribution in [3.05, 3.63) is 122 Å². The van der Waals surface area contributed by atoms with E-state index in [0.717, 1.165) is 83.5 Å². The van der Waals surface area contributed by atoms with Gasteiger partial charge in [0.1, 0.15) is 13.2 Å². The Morgan fingerprint density at radius 2 is 0.556 bits per heavy atom. The fourth-order valence-corrected chi connectivity index (χ4v) is 7.94. The van der Waals surface area contributed by atoms with Crippen LogP contribution in [0, 0.1) is 0 Å². The van der Waals surface area contributed by atoms with E-state index in [4.69, 9.17) is 14.2 Å². The van der Waals surface area contributed by atoms with Gasteiger partial charge in [-0.25, -0.2) is 0 Å². The number of ether oxygens (including phenoxy) is 3. The molecule has 408 valence electrons. The average molecular weight is 998 g/mol. The molecule has 0 N–H and O–H groups in total. The molecule has 0 aromatic carbocycles. The van der Waals surface area contributed by atoms with Crippen LogP contribution in [0.2, 0.25) is 0 Å². The van der Waals surface area contributed by atoms with Gasteiger partial charge in [0.25, 0.3) is 0 Å². The Labute approximate surface area is 443 Å². The van der Waals surface area contributed by atoms with E-state index in [0.29, 0.717) is 19.3 Å². The molecule has 1 atom stereocenters. The molecule has 0 aliphatic carbocycles. The van der Waals surface area contributed by atoms with Crippen LogP contribution in [-0.2, 0) is 28.6 Å². The van der Waals surface area contributed by atoms with Gasteiger partial charge < -0.3 is 14.2 Å². The molecule has 0 aliphatic rings. The highest BCUT2D eigenvalue weighted by molar-refractivity contribution is 5.71. The van der Waals surface area contributed by atoms with Crippen LogP contribution in [0.5, 0.6) is 0 Å². The molecule has 0 fully saturated rings. The third-order valence-corrected chi connectivity index (χ3v) is 12.4. The van der Waals surface area contributed by atoms with Crippen LogP contribution in [0.3, 0.4) is 0 Å². The van der Waals surface area contributed by atoms with Crippen LogP contribution in [0.25, 0.3) is 0 Å². The maximum absolute atomic E-state index is 12.9. The third kappa shape index (κ3) is 56.7. The van der Waals surface area contributed by atoms with Crippen molar-refractivity contribution in [2.24, 2.45) is 0 Å². The van der Waals surface area contributed by atoms with Crippen molar-refractivity contribution in [2.75, 3.05) is 13.2 Å². The van der Waals surface area contributed by atoms with Crippen molar-refractivity contribution in [2.45, 2.75) is 264 Å². The topological polar surface area (TPSA) is 78.9 Å². The number of carbonyl (C=O) groups excluding carboxylic acids is 3. The molecule has 6 heteroatoms. The summed E-state index contributed by atoms with van der Waals surface area (Å²) in [6, 6.07) is 0. The Morgan fingerprint density at radius 1 is 0.292 bits per heavy atom. The Bertz CT molecular complexity index is 1520. The summed E-state index contributed by atoms with van der Waals surface area (Å²) in [5.41, 5.74) is 0. The maximum atomic E-state index is 12.9. The van der Waals surface area contributed by atoms with Gasteiger partial charge in [-0.1, -0.05) is 271 Å². The minimum Gasteiger partial charge on any atom is -0.462 e. The number of allylic oxidation sites excluding steroid dienone is 20. The minimum absolute atomic E-state index is 0.111. The fourth-order valence-electron chi connectivity index (χ4n) is 7.94. The summed E-state index contributed by atoms with van der Waals surface area (Å²) in [5.74, 6) is -0.984. The predicted molar refractivity (Wildman–Crippen MR) is 311 cm³/mol. The van der Waals surface area contributed by atoms with Crippen molar-refractivity contribution in [1.82, 2.24) is 0 Å². The third-order valence-electron chi connectivity index (χ3n) is 12.4. The molecule has 1 unspecified atom stereocenters. The van der Waals surface area contributed by atoms with Crippen molar-refractivity contribution >= 4 is 17.9 Å². The molecule has 0 aromatic heterocycles. The van der Waals surface area contributed by atoms with E-state index in [-0.39, 0.29) is 31.1 Å². The molecule has 0 heterocycles. The molecule has 0 saturated carbocycles. The lowest BCUT2D eigenvalue weighted by atomic mass is 10.1. The molecule has 72 heavy (non-hydrogen) atoms. The first-order valence-corrected chi connectivity index (χ1v) is 29.7. The lowest BCUT2D eigenvalue weighted by Gasteiger charge is -2.18. The molecule has 0 rings (SSSR count). The molecule has 0 aromatic rings. The number of unbranched alkanes of at least 4 members (excludes halogenated alkanes) is 28. The monoisotopic (exact) mass is 997 g/mol. The van der Waals surface area contributed by atoms with Crippen LogP contribution < -0.4 is 0 Å². The van der Waals surface area contributed by atoms with Gasteiger partial charge in [0, 0.05) is 19.3 Å². The number of rotatable bonds is 52. The smallest absolute Gasteiger partial charge is 0.306 e. The molecule has 6 nitrogen and oxygen atoms in total. The van der Waals surface area contributed by atoms with Gasteiger partial charge in [0.15, 0.2) is 6.10 Å². The zero-order valence-corrected chi connectivity index (χ0v) is 46.7. The van der Waals surface area contributed by atoms with E-state index in [1.807, 2.05) is 72.9 Å². The summed E-state index contributed by atoms with van der Waals surface area (Å²) in [6.45, 7) is 6.43. The van der Waals surface area contributed by atoms with Crippen molar-refractivity contribution < 1.29 is 28.6 Å². The first kappa shape index (κ1) is 67.8. The maximum Gasteiger partial charge on any atom is 0.306 e. The highest BCUT2D eigenvalue weighted by Gasteiger charge is 2.19. The van der Waals surface area contributed by atoms with E-state index < -0.39 is 6.10 Å². The molecule has 0 radical (unpaired) electrons. The molecular formula is C66H108O6. The Balaban J connectivity index is 4.54. The fraction of sp³-hybridized carbons (Fsp3) is 0.652. The first-order chi connectivity index (χ1) is 35.5. The SMILES string of the molecule is CC\C=C/C=C\C=C/C=C\C=C\C=C/C=C\CCCCCC(=O)OCC(COC(=O)CCCCC/C=C\C=C/CCCCCCCCC)OC(=O)CCCCCCCCC/C=C\CCCCCCCCCC. The molecule has 0 spiro atoms. The normalized spacial score (nSPS) is 13.0. The highest BCUT2D eigenvalue weighted by Crippen LogP contribution is 2.14. The van der Waals surface area contributed by atoms with Gasteiger partial charge in [-0.2, -0.15) is 0 Å². The summed E-state index contributed by atoms with van der Waals surface area (Å²) < 4.78 is 16.8. The molecule has 0 saturated heterocycles. The number of carbonyl (C=O) groups is 3. The lowest BCUT2D eigenvalue weighted by Crippen LogP contribution is -2.30. The Kier molecular flexibility index (Phi) is 55.9. The molecule has 0 bridgehead atoms. The predicted octanol–water partition coefficient (Wildman–Crippen LogP) is 20.0. The van der Waals surface area contributed by atoms with Crippen LogP contribution in [0.1, 0.15) is 258 Å².